The van der Waals surface area contributed by atoms with E-state index in [0.717, 1.165) is 5.75 Å². The van der Waals surface area contributed by atoms with E-state index in [-0.39, 0.29) is 23.5 Å². The van der Waals surface area contributed by atoms with E-state index in [1.54, 1.807) is 39.8 Å². The summed E-state index contributed by atoms with van der Waals surface area (Å²) < 4.78 is 9.05. The molecule has 4 aromatic rings. The van der Waals surface area contributed by atoms with E-state index in [2.05, 4.69) is 176 Å². The lowest BCUT2D eigenvalue weighted by atomic mass is 10.2. The molecule has 1 fully saturated rings. The van der Waals surface area contributed by atoms with Crippen LogP contribution in [0, 0.1) is 179 Å². The van der Waals surface area contributed by atoms with Crippen LogP contribution in [0.2, 0.25) is 0 Å². The first-order valence-corrected chi connectivity index (χ1v) is 19.4. The zero-order valence-corrected chi connectivity index (χ0v) is 36.0. The fraction of sp³-hybridized carbons (Fsp3) is 0.123. The molecule has 2 N–H and O–H groups in total. The van der Waals surface area contributed by atoms with Gasteiger partial charge in [-0.2, -0.15) is 0 Å². The number of likely N-dealkylation sites (N-methyl/N-ethyl adjacent to an activating group) is 1. The molecule has 0 aliphatic carbocycles. The molecule has 3 heterocycles. The number of terminal acetylenes is 2. The number of benzene rings is 2. The first kappa shape index (κ1) is 48.6. The van der Waals surface area contributed by atoms with Gasteiger partial charge in [-0.05, 0) is 152 Å². The number of hydrogen-bond acceptors (Lipinski definition) is 7. The molecule has 10 nitrogen and oxygen atoms in total. The van der Waals surface area contributed by atoms with Crippen molar-refractivity contribution >= 4 is 22.9 Å². The summed E-state index contributed by atoms with van der Waals surface area (Å²) in [5.74, 6) is 69.7. The van der Waals surface area contributed by atoms with Crippen LogP contribution in [-0.2, 0) is 4.79 Å². The number of ether oxygens (including phenoxy) is 1. The van der Waals surface area contributed by atoms with Gasteiger partial charge in [0.05, 0.1) is 11.7 Å². The van der Waals surface area contributed by atoms with Crippen molar-refractivity contribution in [3.05, 3.63) is 83.6 Å². The van der Waals surface area contributed by atoms with Crippen LogP contribution in [0.3, 0.4) is 0 Å². The van der Waals surface area contributed by atoms with Gasteiger partial charge in [-0.15, -0.1) is 12.8 Å². The first-order valence-electron chi connectivity index (χ1n) is 19.4. The van der Waals surface area contributed by atoms with Gasteiger partial charge in [0.2, 0.25) is 5.91 Å². The first-order chi connectivity index (χ1) is 32.8. The topological polar surface area (TPSA) is 112 Å². The van der Waals surface area contributed by atoms with Crippen molar-refractivity contribution in [3.8, 4) is 196 Å². The zero-order chi connectivity index (χ0) is 47.7. The van der Waals surface area contributed by atoms with Gasteiger partial charge in [0.25, 0.3) is 0 Å². The highest BCUT2D eigenvalue weighted by Gasteiger charge is 2.31. The average Bonchev–Trinajstić information content (AvgIpc) is 3.93. The van der Waals surface area contributed by atoms with Crippen LogP contribution in [0.5, 0.6) is 11.5 Å². The number of nitrogens with two attached hydrogens (primary N) is 1. The van der Waals surface area contributed by atoms with E-state index in [1.807, 2.05) is 55.4 Å². The molecule has 0 radical (unpaired) electrons. The molecule has 10 heteroatoms. The Kier molecular flexibility index (Phi) is 20.7. The highest BCUT2D eigenvalue weighted by atomic mass is 16.5. The maximum Gasteiger partial charge on any atom is 0.335 e. The van der Waals surface area contributed by atoms with Gasteiger partial charge in [0.1, 0.15) is 23.3 Å². The zero-order valence-electron chi connectivity index (χ0n) is 36.0. The number of carbonyl (C=O) groups is 1. The average molecular weight is 862 g/mol. The Labute approximate surface area is 391 Å². The Bertz CT molecular complexity index is 3460. The fourth-order valence-corrected chi connectivity index (χ4v) is 5.37. The summed E-state index contributed by atoms with van der Waals surface area (Å²) in [5.41, 5.74) is 7.47. The van der Waals surface area contributed by atoms with Crippen LogP contribution < -0.4 is 16.2 Å². The number of fused-ring (bicyclic) bond motifs is 1. The van der Waals surface area contributed by atoms with Gasteiger partial charge >= 0.3 is 5.69 Å². The molecule has 5 rings (SSSR count). The molecular formula is C57H31N7O3. The van der Waals surface area contributed by atoms with E-state index >= 15 is 0 Å². The molecule has 2 aromatic heterocycles. The number of para-hydroxylation sites is 1. The van der Waals surface area contributed by atoms with E-state index < -0.39 is 0 Å². The van der Waals surface area contributed by atoms with Crippen LogP contribution in [0.4, 0.5) is 5.82 Å². The summed E-state index contributed by atoms with van der Waals surface area (Å²) in [6, 6.07) is 16.4. The number of nitrogens with zero attached hydrogens (tertiary/aromatic N) is 6. The number of imidazole rings is 1. The molecule has 312 valence electrons. The Morgan fingerprint density at radius 2 is 1.13 bits per heavy atom. The monoisotopic (exact) mass is 861 g/mol. The minimum Gasteiger partial charge on any atom is -0.457 e. The molecule has 1 saturated heterocycles. The largest absolute Gasteiger partial charge is 0.457 e. The molecular weight excluding hydrogens is 831 g/mol. The molecule has 0 bridgehead atoms. The van der Waals surface area contributed by atoms with Crippen LogP contribution in [0.1, 0.15) is 12.5 Å². The molecule has 0 spiro atoms. The maximum absolute atomic E-state index is 13.8. The number of nitrogen functional groups attached to an aromatic ring is 1. The molecule has 1 atom stereocenters. The van der Waals surface area contributed by atoms with Gasteiger partial charge in [-0.25, -0.2) is 14.8 Å². The lowest BCUT2D eigenvalue weighted by Gasteiger charge is -2.15. The number of likely N-dealkylation sites (tertiary alicyclic amines) is 1. The van der Waals surface area contributed by atoms with Crippen molar-refractivity contribution in [2.24, 2.45) is 0 Å². The predicted molar refractivity (Wildman–Crippen MR) is 261 cm³/mol. The van der Waals surface area contributed by atoms with E-state index in [4.69, 9.17) is 23.3 Å². The number of hydrogen-bond donors (Lipinski definition) is 1. The smallest absolute Gasteiger partial charge is 0.335 e. The van der Waals surface area contributed by atoms with Crippen LogP contribution in [0.25, 0.3) is 16.9 Å². The highest BCUT2D eigenvalue weighted by Crippen LogP contribution is 2.29. The van der Waals surface area contributed by atoms with Gasteiger partial charge in [-0.1, -0.05) is 24.3 Å². The van der Waals surface area contributed by atoms with Gasteiger partial charge in [-0.3, -0.25) is 13.9 Å². The second-order valence-corrected chi connectivity index (χ2v) is 12.8. The number of amides is 1. The van der Waals surface area contributed by atoms with Crippen molar-refractivity contribution in [2.75, 3.05) is 39.5 Å². The van der Waals surface area contributed by atoms with Crippen LogP contribution >= 0.6 is 0 Å². The van der Waals surface area contributed by atoms with Crippen molar-refractivity contribution in [2.45, 2.75) is 12.5 Å². The minimum atomic E-state index is -0.277. The number of aromatic nitrogens is 4. The molecule has 0 saturated carbocycles. The number of carbonyl (C=O) groups excluding carboxylic acids is 1. The van der Waals surface area contributed by atoms with Gasteiger partial charge < -0.3 is 20.3 Å². The summed E-state index contributed by atoms with van der Waals surface area (Å²) in [6.45, 7) is 1.65. The molecule has 1 amide bonds. The van der Waals surface area contributed by atoms with Gasteiger partial charge in [0, 0.05) is 96.8 Å². The third kappa shape index (κ3) is 17.1. The second-order valence-electron chi connectivity index (χ2n) is 12.8. The highest BCUT2D eigenvalue weighted by molar-refractivity contribution is 5.88. The molecule has 1 aliphatic heterocycles. The van der Waals surface area contributed by atoms with Gasteiger partial charge in [0.15, 0.2) is 11.5 Å². The van der Waals surface area contributed by atoms with Crippen LogP contribution in [0.15, 0.2) is 77.9 Å². The third-order valence-corrected chi connectivity index (χ3v) is 8.03. The van der Waals surface area contributed by atoms with Crippen LogP contribution in [-0.4, -0.2) is 68.5 Å². The van der Waals surface area contributed by atoms with Crippen molar-refractivity contribution in [3.63, 3.8) is 0 Å². The standard InChI is InChI=1S/C30H2.C27H29N7O3/c1-3-5-7-9-11-13-15-17-19-21-23-25-27-29-30-28-26-24-22-20-18-16-14-12-10-8-6-4-2;1-31(2)15-6-9-23(35)32-16-14-20(17-32)34-26-24(25(28)29-18-30-26)33(27(34)36)19-10-12-22(13-11-19)37-21-7-4-3-5-8-21/h1-2H;3-13,18,20H,14-17H2,1-2H3,(H2,28,29,30)/b;9-6-/t;20-/m.1/s1. The Morgan fingerprint density at radius 3 is 1.58 bits per heavy atom. The SMILES string of the molecule is C#CC#CC#CC#CC#CC#CC#CC#CC#CC#CC#CC#CC#CC#CC#C.CN(C)C/C=C\C(=O)N1CC[C@@H](n2c(=O)n(-c3ccc(Oc4ccccc4)cc3)c3c(N)ncnc32)C1. The second kappa shape index (κ2) is 28.5. The number of anilines is 1. The van der Waals surface area contributed by atoms with E-state index in [9.17, 15) is 9.59 Å². The predicted octanol–water partition coefficient (Wildman–Crippen LogP) is 3.14. The Morgan fingerprint density at radius 1 is 0.687 bits per heavy atom. The summed E-state index contributed by atoms with van der Waals surface area (Å²) in [6.07, 6.45) is 15.3. The lowest BCUT2D eigenvalue weighted by molar-refractivity contribution is -0.125. The fourth-order valence-electron chi connectivity index (χ4n) is 5.37. The normalized spacial score (nSPS) is 10.4. The molecule has 1 aliphatic rings. The third-order valence-electron chi connectivity index (χ3n) is 8.03. The van der Waals surface area contributed by atoms with Crippen molar-refractivity contribution < 1.29 is 9.53 Å². The van der Waals surface area contributed by atoms with Crippen molar-refractivity contribution in [1.29, 1.82) is 0 Å². The molecule has 2 aromatic carbocycles. The maximum atomic E-state index is 13.8. The lowest BCUT2D eigenvalue weighted by Crippen LogP contribution is -2.31. The number of rotatable bonds is 7. The van der Waals surface area contributed by atoms with E-state index in [1.165, 1.54) is 10.9 Å². The summed E-state index contributed by atoms with van der Waals surface area (Å²) in [7, 11) is 3.89. The summed E-state index contributed by atoms with van der Waals surface area (Å²) >= 11 is 0. The quantitative estimate of drug-likeness (QED) is 0.225. The minimum absolute atomic E-state index is 0.0655. The summed E-state index contributed by atoms with van der Waals surface area (Å²) in [5, 5.41) is 0. The Hall–Kier alpha value is -11.0. The summed E-state index contributed by atoms with van der Waals surface area (Å²) in [4.78, 5) is 38.7. The molecule has 0 unspecified atom stereocenters. The van der Waals surface area contributed by atoms with E-state index in [0.29, 0.717) is 48.7 Å². The van der Waals surface area contributed by atoms with Crippen molar-refractivity contribution in [1.82, 2.24) is 28.9 Å². The Balaban J connectivity index is 0.000000301. The molecule has 67 heavy (non-hydrogen) atoms.